The van der Waals surface area contributed by atoms with Crippen molar-refractivity contribution in [1.29, 1.82) is 0 Å². The van der Waals surface area contributed by atoms with Gasteiger partial charge in [-0.2, -0.15) is 0 Å². The topological polar surface area (TPSA) is 48.0 Å². The van der Waals surface area contributed by atoms with Crippen molar-refractivity contribution >= 4 is 16.7 Å². The molecule has 0 bridgehead atoms. The first-order valence-electron chi connectivity index (χ1n) is 8.99. The van der Waals surface area contributed by atoms with Crippen molar-refractivity contribution in [2.24, 2.45) is 0 Å². The molecule has 0 atom stereocenters. The van der Waals surface area contributed by atoms with Gasteiger partial charge in [-0.05, 0) is 38.0 Å². The molecule has 0 aliphatic carbocycles. The standard InChI is InChI=1S/C22H19N5/c1-14-9-7-8-12-18(14)27-16(3)15(2)19-21(27)23-13-26-22(19)24-20(25-26)17-10-5-4-6-11-17/h4-13H,1-3H3. The Morgan fingerprint density at radius 2 is 1.56 bits per heavy atom. The summed E-state index contributed by atoms with van der Waals surface area (Å²) in [5, 5.41) is 5.69. The average Bonchev–Trinajstić information content (AvgIpc) is 3.23. The number of rotatable bonds is 2. The van der Waals surface area contributed by atoms with Crippen LogP contribution in [0.5, 0.6) is 0 Å². The normalized spacial score (nSPS) is 11.5. The monoisotopic (exact) mass is 353 g/mol. The van der Waals surface area contributed by atoms with Crippen molar-refractivity contribution in [2.45, 2.75) is 20.8 Å². The summed E-state index contributed by atoms with van der Waals surface area (Å²) in [5.74, 6) is 0.714. The molecule has 5 rings (SSSR count). The summed E-state index contributed by atoms with van der Waals surface area (Å²) in [4.78, 5) is 9.58. The third-order valence-corrected chi connectivity index (χ3v) is 5.22. The minimum absolute atomic E-state index is 0.714. The number of para-hydroxylation sites is 1. The maximum Gasteiger partial charge on any atom is 0.182 e. The lowest BCUT2D eigenvalue weighted by atomic mass is 10.2. The lowest BCUT2D eigenvalue weighted by Crippen LogP contribution is -2.01. The van der Waals surface area contributed by atoms with Crippen molar-refractivity contribution in [2.75, 3.05) is 0 Å². The van der Waals surface area contributed by atoms with E-state index < -0.39 is 0 Å². The Morgan fingerprint density at radius 3 is 2.33 bits per heavy atom. The second kappa shape index (κ2) is 5.77. The minimum Gasteiger partial charge on any atom is -0.298 e. The average molecular weight is 353 g/mol. The van der Waals surface area contributed by atoms with Gasteiger partial charge in [0.15, 0.2) is 17.1 Å². The molecule has 0 spiro atoms. The van der Waals surface area contributed by atoms with Crippen LogP contribution in [0.15, 0.2) is 60.9 Å². The van der Waals surface area contributed by atoms with Crippen LogP contribution in [0.1, 0.15) is 16.8 Å². The first-order chi connectivity index (χ1) is 13.1. The molecule has 2 aromatic carbocycles. The van der Waals surface area contributed by atoms with Gasteiger partial charge in [0.05, 0.1) is 11.1 Å². The molecule has 0 fully saturated rings. The van der Waals surface area contributed by atoms with E-state index in [1.165, 1.54) is 16.8 Å². The van der Waals surface area contributed by atoms with Gasteiger partial charge in [-0.3, -0.25) is 4.57 Å². The van der Waals surface area contributed by atoms with Crippen molar-refractivity contribution in [3.63, 3.8) is 0 Å². The molecule has 5 aromatic rings. The molecule has 0 saturated carbocycles. The van der Waals surface area contributed by atoms with E-state index in [0.29, 0.717) is 5.82 Å². The molecule has 27 heavy (non-hydrogen) atoms. The number of hydrogen-bond acceptors (Lipinski definition) is 3. The number of benzene rings is 2. The molecule has 0 amide bonds. The molecule has 0 aliphatic rings. The number of fused-ring (bicyclic) bond motifs is 3. The van der Waals surface area contributed by atoms with Crippen LogP contribution in [0, 0.1) is 20.8 Å². The first kappa shape index (κ1) is 15.8. The maximum absolute atomic E-state index is 4.84. The molecule has 132 valence electrons. The third kappa shape index (κ3) is 2.28. The van der Waals surface area contributed by atoms with Gasteiger partial charge < -0.3 is 0 Å². The summed E-state index contributed by atoms with van der Waals surface area (Å²) in [7, 11) is 0. The van der Waals surface area contributed by atoms with Gasteiger partial charge in [-0.15, -0.1) is 5.10 Å². The van der Waals surface area contributed by atoms with E-state index >= 15 is 0 Å². The molecule has 5 heteroatoms. The Hall–Kier alpha value is -3.47. The quantitative estimate of drug-likeness (QED) is 0.464. The van der Waals surface area contributed by atoms with Crippen LogP contribution < -0.4 is 0 Å². The summed E-state index contributed by atoms with van der Waals surface area (Å²) < 4.78 is 4.00. The molecular formula is C22H19N5. The zero-order valence-electron chi connectivity index (χ0n) is 15.5. The van der Waals surface area contributed by atoms with Crippen LogP contribution in [0.4, 0.5) is 0 Å². The van der Waals surface area contributed by atoms with E-state index in [1.807, 2.05) is 30.3 Å². The van der Waals surface area contributed by atoms with E-state index in [4.69, 9.17) is 9.97 Å². The van der Waals surface area contributed by atoms with Crippen LogP contribution in [0.3, 0.4) is 0 Å². The van der Waals surface area contributed by atoms with Crippen molar-refractivity contribution in [3.05, 3.63) is 77.7 Å². The smallest absolute Gasteiger partial charge is 0.182 e. The minimum atomic E-state index is 0.714. The molecule has 3 aromatic heterocycles. The summed E-state index contributed by atoms with van der Waals surface area (Å²) >= 11 is 0. The lowest BCUT2D eigenvalue weighted by molar-refractivity contribution is 0.925. The van der Waals surface area contributed by atoms with E-state index in [1.54, 1.807) is 10.8 Å². The second-order valence-corrected chi connectivity index (χ2v) is 6.85. The van der Waals surface area contributed by atoms with Gasteiger partial charge in [0.1, 0.15) is 6.33 Å². The predicted molar refractivity (Wildman–Crippen MR) is 107 cm³/mol. The highest BCUT2D eigenvalue weighted by molar-refractivity contribution is 5.95. The van der Waals surface area contributed by atoms with Gasteiger partial charge >= 0.3 is 0 Å². The molecule has 3 heterocycles. The molecule has 0 aliphatic heterocycles. The summed E-state index contributed by atoms with van der Waals surface area (Å²) in [6, 6.07) is 18.4. The highest BCUT2D eigenvalue weighted by atomic mass is 15.3. The first-order valence-corrected chi connectivity index (χ1v) is 8.99. The molecule has 0 N–H and O–H groups in total. The molecule has 5 nitrogen and oxygen atoms in total. The molecule has 0 unspecified atom stereocenters. The Morgan fingerprint density at radius 1 is 0.815 bits per heavy atom. The van der Waals surface area contributed by atoms with Gasteiger partial charge in [-0.25, -0.2) is 14.5 Å². The van der Waals surface area contributed by atoms with Gasteiger partial charge in [0, 0.05) is 11.3 Å². The Balaban J connectivity index is 1.84. The van der Waals surface area contributed by atoms with E-state index in [0.717, 1.165) is 27.9 Å². The van der Waals surface area contributed by atoms with Crippen molar-refractivity contribution in [3.8, 4) is 17.1 Å². The fourth-order valence-corrected chi connectivity index (χ4v) is 3.68. The molecule has 0 saturated heterocycles. The Kier molecular flexibility index (Phi) is 3.37. The summed E-state index contributed by atoms with van der Waals surface area (Å²) in [6.45, 7) is 6.39. The Labute approximate surface area is 156 Å². The maximum atomic E-state index is 4.84. The predicted octanol–water partition coefficient (Wildman–Crippen LogP) is 4.66. The van der Waals surface area contributed by atoms with Crippen LogP contribution >= 0.6 is 0 Å². The third-order valence-electron chi connectivity index (χ3n) is 5.22. The van der Waals surface area contributed by atoms with Gasteiger partial charge in [-0.1, -0.05) is 48.5 Å². The Bertz CT molecular complexity index is 1300. The number of aryl methyl sites for hydroxylation is 2. The fourth-order valence-electron chi connectivity index (χ4n) is 3.68. The lowest BCUT2D eigenvalue weighted by Gasteiger charge is -2.10. The number of aromatic nitrogens is 5. The highest BCUT2D eigenvalue weighted by Gasteiger charge is 2.19. The molecule has 0 radical (unpaired) electrons. The molecular weight excluding hydrogens is 334 g/mol. The van der Waals surface area contributed by atoms with Gasteiger partial charge in [0.25, 0.3) is 0 Å². The van der Waals surface area contributed by atoms with Crippen molar-refractivity contribution in [1.82, 2.24) is 24.1 Å². The van der Waals surface area contributed by atoms with Crippen LogP contribution in [-0.2, 0) is 0 Å². The van der Waals surface area contributed by atoms with Crippen LogP contribution in [-0.4, -0.2) is 24.1 Å². The largest absolute Gasteiger partial charge is 0.298 e. The van der Waals surface area contributed by atoms with E-state index in [-0.39, 0.29) is 0 Å². The SMILES string of the molecule is Cc1ccccc1-n1c(C)c(C)c2c1ncn1nc(-c3ccccc3)nc21. The second-order valence-electron chi connectivity index (χ2n) is 6.85. The van der Waals surface area contributed by atoms with Gasteiger partial charge in [0.2, 0.25) is 0 Å². The number of nitrogens with zero attached hydrogens (tertiary/aromatic N) is 5. The van der Waals surface area contributed by atoms with E-state index in [2.05, 4.69) is 54.7 Å². The number of hydrogen-bond donors (Lipinski definition) is 0. The van der Waals surface area contributed by atoms with Crippen LogP contribution in [0.25, 0.3) is 33.8 Å². The fraction of sp³-hybridized carbons (Fsp3) is 0.136. The van der Waals surface area contributed by atoms with Crippen molar-refractivity contribution < 1.29 is 0 Å². The van der Waals surface area contributed by atoms with Crippen LogP contribution in [0.2, 0.25) is 0 Å². The zero-order chi connectivity index (χ0) is 18.5. The zero-order valence-corrected chi connectivity index (χ0v) is 15.5. The highest BCUT2D eigenvalue weighted by Crippen LogP contribution is 2.31. The summed E-state index contributed by atoms with van der Waals surface area (Å²) in [5.41, 5.74) is 7.47. The van der Waals surface area contributed by atoms with E-state index in [9.17, 15) is 0 Å². The summed E-state index contributed by atoms with van der Waals surface area (Å²) in [6.07, 6.45) is 1.75.